The molecule has 2 aromatic carbocycles. The average Bonchev–Trinajstić information content (AvgIpc) is 3.52. The van der Waals surface area contributed by atoms with Crippen molar-refractivity contribution in [2.24, 2.45) is 4.40 Å². The van der Waals surface area contributed by atoms with E-state index in [2.05, 4.69) is 14.8 Å². The fraction of sp³-hybridized carbons (Fsp3) is 0.261. The molecule has 1 amide bonds. The van der Waals surface area contributed by atoms with Crippen LogP contribution in [0.25, 0.3) is 11.1 Å². The van der Waals surface area contributed by atoms with E-state index in [1.807, 2.05) is 10.9 Å². The molecule has 1 N–H and O–H groups in total. The lowest BCUT2D eigenvalue weighted by Crippen LogP contribution is -2.15. The van der Waals surface area contributed by atoms with Crippen molar-refractivity contribution in [2.75, 3.05) is 19.4 Å². The van der Waals surface area contributed by atoms with Crippen LogP contribution in [0.3, 0.4) is 0 Å². The molecule has 1 heterocycles. The van der Waals surface area contributed by atoms with Gasteiger partial charge < -0.3 is 10.2 Å². The van der Waals surface area contributed by atoms with Gasteiger partial charge in [0.25, 0.3) is 10.0 Å². The Bertz CT molecular complexity index is 1370. The SMILES string of the molecule is CN(C)/C=N/S(=O)(=O)c1cc(NC(=O)Cc2cccc(F)c2Cl)ccc1-c1cnn(C2CC2)c1. The number of halogens is 2. The number of aromatic nitrogens is 2. The predicted molar refractivity (Wildman–Crippen MR) is 129 cm³/mol. The largest absolute Gasteiger partial charge is 0.368 e. The Morgan fingerprint density at radius 2 is 2.09 bits per heavy atom. The molecule has 0 unspecified atom stereocenters. The van der Waals surface area contributed by atoms with Gasteiger partial charge >= 0.3 is 0 Å². The van der Waals surface area contributed by atoms with E-state index in [0.29, 0.717) is 22.7 Å². The topological polar surface area (TPSA) is 96.7 Å². The van der Waals surface area contributed by atoms with Crippen LogP contribution in [-0.4, -0.2) is 49.4 Å². The predicted octanol–water partition coefficient (Wildman–Crippen LogP) is 4.14. The van der Waals surface area contributed by atoms with E-state index in [4.69, 9.17) is 11.6 Å². The van der Waals surface area contributed by atoms with Crippen LogP contribution in [0.1, 0.15) is 24.4 Å². The number of sulfonamides is 1. The summed E-state index contributed by atoms with van der Waals surface area (Å²) in [5.74, 6) is -1.09. The lowest BCUT2D eigenvalue weighted by atomic mass is 10.1. The summed E-state index contributed by atoms with van der Waals surface area (Å²) in [6.45, 7) is 0. The maximum atomic E-state index is 13.7. The number of nitrogens with zero attached hydrogens (tertiary/aromatic N) is 4. The first kappa shape index (κ1) is 23.9. The molecule has 1 fully saturated rings. The Balaban J connectivity index is 1.66. The Morgan fingerprint density at radius 1 is 1.32 bits per heavy atom. The molecule has 0 spiro atoms. The van der Waals surface area contributed by atoms with Crippen LogP contribution in [0.5, 0.6) is 0 Å². The number of hydrogen-bond donors (Lipinski definition) is 1. The molecule has 0 radical (unpaired) electrons. The summed E-state index contributed by atoms with van der Waals surface area (Å²) in [5, 5.41) is 6.88. The fourth-order valence-electron chi connectivity index (χ4n) is 3.34. The molecule has 3 aromatic rings. The van der Waals surface area contributed by atoms with Crippen LogP contribution in [0.15, 0.2) is 58.1 Å². The molecule has 11 heteroatoms. The molecule has 4 rings (SSSR count). The number of carbonyl (C=O) groups is 1. The van der Waals surface area contributed by atoms with Gasteiger partial charge in [-0.05, 0) is 36.6 Å². The van der Waals surface area contributed by atoms with Crippen LogP contribution in [0, 0.1) is 5.82 Å². The third-order valence-corrected chi connectivity index (χ3v) is 6.86. The van der Waals surface area contributed by atoms with Gasteiger partial charge in [-0.3, -0.25) is 9.48 Å². The van der Waals surface area contributed by atoms with Crippen molar-refractivity contribution < 1.29 is 17.6 Å². The highest BCUT2D eigenvalue weighted by Gasteiger charge is 2.26. The average molecular weight is 504 g/mol. The minimum Gasteiger partial charge on any atom is -0.368 e. The van der Waals surface area contributed by atoms with Crippen molar-refractivity contribution in [3.05, 3.63) is 65.2 Å². The molecule has 8 nitrogen and oxygen atoms in total. The van der Waals surface area contributed by atoms with Crippen LogP contribution in [0.4, 0.5) is 10.1 Å². The molecule has 0 bridgehead atoms. The van der Waals surface area contributed by atoms with Crippen molar-refractivity contribution >= 4 is 39.6 Å². The second-order valence-electron chi connectivity index (χ2n) is 8.25. The first-order chi connectivity index (χ1) is 16.1. The van der Waals surface area contributed by atoms with Crippen LogP contribution in [0.2, 0.25) is 5.02 Å². The van der Waals surface area contributed by atoms with Gasteiger partial charge in [0.05, 0.1) is 28.6 Å². The molecule has 34 heavy (non-hydrogen) atoms. The summed E-state index contributed by atoms with van der Waals surface area (Å²) in [6.07, 6.45) is 6.54. The Kier molecular flexibility index (Phi) is 6.72. The second kappa shape index (κ2) is 9.55. The number of nitrogens with one attached hydrogen (secondary N) is 1. The molecule has 178 valence electrons. The zero-order valence-corrected chi connectivity index (χ0v) is 20.1. The Morgan fingerprint density at radius 3 is 2.79 bits per heavy atom. The van der Waals surface area contributed by atoms with Crippen molar-refractivity contribution in [1.82, 2.24) is 14.7 Å². The van der Waals surface area contributed by atoms with Crippen LogP contribution in [-0.2, 0) is 21.2 Å². The number of carbonyl (C=O) groups excluding carboxylic acids is 1. The molecule has 0 atom stereocenters. The van der Waals surface area contributed by atoms with E-state index in [-0.39, 0.29) is 22.0 Å². The quantitative estimate of drug-likeness (QED) is 0.368. The molecule has 1 saturated carbocycles. The molecule has 1 aliphatic carbocycles. The van der Waals surface area contributed by atoms with E-state index in [1.54, 1.807) is 38.5 Å². The van der Waals surface area contributed by atoms with Crippen molar-refractivity contribution in [2.45, 2.75) is 30.2 Å². The third kappa shape index (κ3) is 5.45. The molecular weight excluding hydrogens is 481 g/mol. The Labute approximate surface area is 202 Å². The molecule has 1 aliphatic rings. The lowest BCUT2D eigenvalue weighted by molar-refractivity contribution is -0.115. The summed E-state index contributed by atoms with van der Waals surface area (Å²) < 4.78 is 45.4. The summed E-state index contributed by atoms with van der Waals surface area (Å²) >= 11 is 5.94. The van der Waals surface area contributed by atoms with E-state index in [9.17, 15) is 17.6 Å². The van der Waals surface area contributed by atoms with E-state index in [1.165, 1.54) is 29.4 Å². The fourth-order valence-corrected chi connectivity index (χ4v) is 4.70. The molecule has 0 saturated heterocycles. The minimum atomic E-state index is -4.09. The van der Waals surface area contributed by atoms with Gasteiger partial charge in [-0.1, -0.05) is 29.8 Å². The summed E-state index contributed by atoms with van der Waals surface area (Å²) in [4.78, 5) is 14.0. The summed E-state index contributed by atoms with van der Waals surface area (Å²) in [5.41, 5.74) is 1.64. The molecular formula is C23H23ClFN5O3S. The molecule has 0 aliphatic heterocycles. The van der Waals surface area contributed by atoms with Gasteiger partial charge in [-0.25, -0.2) is 4.39 Å². The first-order valence-corrected chi connectivity index (χ1v) is 12.3. The first-order valence-electron chi connectivity index (χ1n) is 10.5. The number of hydrogen-bond acceptors (Lipinski definition) is 4. The van der Waals surface area contributed by atoms with E-state index < -0.39 is 21.7 Å². The molecule has 1 aromatic heterocycles. The number of anilines is 1. The van der Waals surface area contributed by atoms with Gasteiger partial charge in [-0.2, -0.15) is 13.5 Å². The monoisotopic (exact) mass is 503 g/mol. The van der Waals surface area contributed by atoms with Crippen molar-refractivity contribution in [3.63, 3.8) is 0 Å². The minimum absolute atomic E-state index is 0.0671. The van der Waals surface area contributed by atoms with E-state index >= 15 is 0 Å². The van der Waals surface area contributed by atoms with Crippen LogP contribution >= 0.6 is 11.6 Å². The third-order valence-electron chi connectivity index (χ3n) is 5.18. The van der Waals surface area contributed by atoms with Gasteiger partial charge in [0.1, 0.15) is 12.2 Å². The highest BCUT2D eigenvalue weighted by Crippen LogP contribution is 2.37. The highest BCUT2D eigenvalue weighted by molar-refractivity contribution is 7.90. The highest BCUT2D eigenvalue weighted by atomic mass is 35.5. The normalized spacial score (nSPS) is 13.9. The summed E-state index contributed by atoms with van der Waals surface area (Å²) in [7, 11) is -0.769. The summed E-state index contributed by atoms with van der Waals surface area (Å²) in [6, 6.07) is 9.14. The van der Waals surface area contributed by atoms with Crippen LogP contribution < -0.4 is 5.32 Å². The zero-order valence-electron chi connectivity index (χ0n) is 18.6. The number of amides is 1. The smallest absolute Gasteiger partial charge is 0.284 e. The van der Waals surface area contributed by atoms with Gasteiger partial charge in [0.2, 0.25) is 5.91 Å². The zero-order chi connectivity index (χ0) is 24.5. The van der Waals surface area contributed by atoms with E-state index in [0.717, 1.165) is 12.8 Å². The lowest BCUT2D eigenvalue weighted by Gasteiger charge is -2.12. The second-order valence-corrected chi connectivity index (χ2v) is 10.2. The maximum absolute atomic E-state index is 13.7. The standard InChI is InChI=1S/C23H23ClFN5O3S/c1-29(2)14-27-34(32,33)21-11-17(28-22(31)10-15-4-3-5-20(25)23(15)24)6-9-19(21)16-12-26-30(13-16)18-7-8-18/h3-6,9,11-14,18H,7-8,10H2,1-2H3,(H,28,31)/b27-14+. The number of benzene rings is 2. The van der Waals surface area contributed by atoms with Crippen molar-refractivity contribution in [3.8, 4) is 11.1 Å². The van der Waals surface area contributed by atoms with Gasteiger partial charge in [0.15, 0.2) is 0 Å². The Hall–Kier alpha value is -3.24. The van der Waals surface area contributed by atoms with Gasteiger partial charge in [-0.15, -0.1) is 4.40 Å². The number of rotatable bonds is 8. The van der Waals surface area contributed by atoms with Crippen molar-refractivity contribution in [1.29, 1.82) is 0 Å². The maximum Gasteiger partial charge on any atom is 0.284 e. The van der Waals surface area contributed by atoms with Gasteiger partial charge in [0, 0.05) is 37.1 Å².